The van der Waals surface area contributed by atoms with Gasteiger partial charge in [-0.3, -0.25) is 4.98 Å². The van der Waals surface area contributed by atoms with E-state index in [1.54, 1.807) is 37.6 Å². The molecule has 8 nitrogen and oxygen atoms in total. The van der Waals surface area contributed by atoms with Gasteiger partial charge in [0, 0.05) is 41.6 Å². The van der Waals surface area contributed by atoms with E-state index >= 15 is 4.39 Å². The summed E-state index contributed by atoms with van der Waals surface area (Å²) in [6.07, 6.45) is 5.04. The van der Waals surface area contributed by atoms with Gasteiger partial charge in [0.1, 0.15) is 5.75 Å². The van der Waals surface area contributed by atoms with Crippen LogP contribution < -0.4 is 24.8 Å². The molecule has 1 aliphatic rings. The minimum absolute atomic E-state index is 0.0125. The average Bonchev–Trinajstić information content (AvgIpc) is 2.97. The number of pyridine rings is 1. The van der Waals surface area contributed by atoms with E-state index < -0.39 is 11.8 Å². The molecule has 0 saturated carbocycles. The number of amides is 2. The molecule has 0 atom stereocenters. The van der Waals surface area contributed by atoms with Crippen LogP contribution >= 0.6 is 0 Å². The molecule has 5 rings (SSSR count). The molecular formula is C33H37FN4O4. The highest BCUT2D eigenvalue weighted by Gasteiger charge is 2.17. The lowest BCUT2D eigenvalue weighted by atomic mass is 9.99. The number of fused-ring (bicyclic) bond motifs is 1. The first-order chi connectivity index (χ1) is 20.4. The number of urea groups is 1. The number of halogens is 1. The van der Waals surface area contributed by atoms with Crippen molar-refractivity contribution in [1.29, 1.82) is 0 Å². The van der Waals surface area contributed by atoms with E-state index in [0.717, 1.165) is 37.5 Å². The van der Waals surface area contributed by atoms with Gasteiger partial charge in [-0.15, -0.1) is 0 Å². The largest absolute Gasteiger partial charge is 0.493 e. The van der Waals surface area contributed by atoms with Crippen molar-refractivity contribution < 1.29 is 23.4 Å². The number of hydrogen-bond donors (Lipinski definition) is 2. The lowest BCUT2D eigenvalue weighted by Gasteiger charge is -2.30. The summed E-state index contributed by atoms with van der Waals surface area (Å²) in [6, 6.07) is 16.5. The Morgan fingerprint density at radius 2 is 1.76 bits per heavy atom. The van der Waals surface area contributed by atoms with Gasteiger partial charge in [0.25, 0.3) is 0 Å². The maximum absolute atomic E-state index is 15.0. The second-order valence-corrected chi connectivity index (χ2v) is 10.8. The van der Waals surface area contributed by atoms with Crippen molar-refractivity contribution in [3.05, 3.63) is 78.2 Å². The molecule has 3 aromatic carbocycles. The Morgan fingerprint density at radius 3 is 2.50 bits per heavy atom. The molecule has 0 radical (unpaired) electrons. The van der Waals surface area contributed by atoms with Crippen molar-refractivity contribution in [2.45, 2.75) is 33.1 Å². The summed E-state index contributed by atoms with van der Waals surface area (Å²) in [6.45, 7) is 8.13. The van der Waals surface area contributed by atoms with Crippen LogP contribution in [0.15, 0.2) is 66.9 Å². The zero-order chi connectivity index (χ0) is 29.5. The fourth-order valence-electron chi connectivity index (χ4n) is 5.04. The monoisotopic (exact) mass is 572 g/mol. The number of hydrogen-bond acceptors (Lipinski definition) is 6. The number of benzene rings is 3. The van der Waals surface area contributed by atoms with Crippen LogP contribution in [0.4, 0.5) is 20.6 Å². The van der Waals surface area contributed by atoms with Gasteiger partial charge in [-0.25, -0.2) is 9.18 Å². The number of methoxy groups -OCH3 is 1. The van der Waals surface area contributed by atoms with Crippen LogP contribution in [0.5, 0.6) is 23.0 Å². The van der Waals surface area contributed by atoms with Crippen molar-refractivity contribution in [2.24, 2.45) is 5.92 Å². The Hall–Kier alpha value is -4.37. The molecule has 0 spiro atoms. The summed E-state index contributed by atoms with van der Waals surface area (Å²) >= 11 is 0. The molecule has 42 heavy (non-hydrogen) atoms. The van der Waals surface area contributed by atoms with Crippen LogP contribution in [-0.4, -0.2) is 49.3 Å². The summed E-state index contributed by atoms with van der Waals surface area (Å²) in [5.41, 5.74) is 2.60. The summed E-state index contributed by atoms with van der Waals surface area (Å²) in [7, 11) is 1.58. The van der Waals surface area contributed by atoms with E-state index in [1.807, 2.05) is 31.2 Å². The van der Waals surface area contributed by atoms with Crippen molar-refractivity contribution in [3.63, 3.8) is 0 Å². The molecule has 2 amide bonds. The molecule has 220 valence electrons. The Bertz CT molecular complexity index is 1540. The molecule has 1 saturated heterocycles. The fraction of sp³-hybridized carbons (Fsp3) is 0.333. The predicted molar refractivity (Wildman–Crippen MR) is 164 cm³/mol. The first kappa shape index (κ1) is 29.1. The highest BCUT2D eigenvalue weighted by Crippen LogP contribution is 2.38. The van der Waals surface area contributed by atoms with Gasteiger partial charge in [-0.2, -0.15) is 0 Å². The van der Waals surface area contributed by atoms with E-state index in [1.165, 1.54) is 25.0 Å². The zero-order valence-electron chi connectivity index (χ0n) is 24.3. The quantitative estimate of drug-likeness (QED) is 0.190. The minimum Gasteiger partial charge on any atom is -0.493 e. The number of likely N-dealkylation sites (tertiary alicyclic amines) is 1. The number of nitrogens with zero attached hydrogens (tertiary/aromatic N) is 2. The third-order valence-corrected chi connectivity index (χ3v) is 7.43. The lowest BCUT2D eigenvalue weighted by Crippen LogP contribution is -2.34. The van der Waals surface area contributed by atoms with Crippen molar-refractivity contribution >= 4 is 28.3 Å². The Morgan fingerprint density at radius 1 is 0.976 bits per heavy atom. The summed E-state index contributed by atoms with van der Waals surface area (Å²) < 4.78 is 32.7. The van der Waals surface area contributed by atoms with Crippen LogP contribution in [0.1, 0.15) is 31.7 Å². The average molecular weight is 573 g/mol. The molecule has 2 N–H and O–H groups in total. The van der Waals surface area contributed by atoms with E-state index in [0.29, 0.717) is 46.1 Å². The molecule has 2 heterocycles. The van der Waals surface area contributed by atoms with Gasteiger partial charge in [-0.05, 0) is 87.2 Å². The lowest BCUT2D eigenvalue weighted by molar-refractivity contribution is 0.176. The van der Waals surface area contributed by atoms with Gasteiger partial charge < -0.3 is 29.7 Å². The SMILES string of the molecule is COc1cc2c(Oc3ccc(NC(=O)Nc4cccc(C)c4)cc3F)ccnc2cc1OCCCN1CCC(C)CC1. The standard InChI is InChI=1S/C33H37FN4O4/c1-22-11-15-38(16-12-22)14-5-17-41-32-21-28-26(20-31(32)40-3)29(10-13-35-28)42-30-9-8-25(19-27(30)34)37-33(39)36-24-7-4-6-23(2)18-24/h4,6-10,13,18-22H,5,11-12,14-17H2,1-3H3,(H2,36,37,39). The van der Waals surface area contributed by atoms with Crippen LogP contribution in [-0.2, 0) is 0 Å². The van der Waals surface area contributed by atoms with E-state index in [9.17, 15) is 4.79 Å². The number of ether oxygens (including phenoxy) is 3. The number of carbonyl (C=O) groups is 1. The third kappa shape index (κ3) is 7.47. The maximum atomic E-state index is 15.0. The highest BCUT2D eigenvalue weighted by atomic mass is 19.1. The number of rotatable bonds is 10. The normalized spacial score (nSPS) is 14.0. The van der Waals surface area contributed by atoms with E-state index in [4.69, 9.17) is 14.2 Å². The smallest absolute Gasteiger partial charge is 0.323 e. The summed E-state index contributed by atoms with van der Waals surface area (Å²) in [5, 5.41) is 6.04. The summed E-state index contributed by atoms with van der Waals surface area (Å²) in [4.78, 5) is 19.3. The fourth-order valence-corrected chi connectivity index (χ4v) is 5.04. The highest BCUT2D eigenvalue weighted by molar-refractivity contribution is 5.99. The molecular weight excluding hydrogens is 535 g/mol. The second kappa shape index (κ2) is 13.5. The van der Waals surface area contributed by atoms with Gasteiger partial charge >= 0.3 is 6.03 Å². The van der Waals surface area contributed by atoms with Crippen LogP contribution in [0.2, 0.25) is 0 Å². The molecule has 1 aromatic heterocycles. The van der Waals surface area contributed by atoms with Crippen LogP contribution in [0, 0.1) is 18.7 Å². The van der Waals surface area contributed by atoms with Gasteiger partial charge in [0.2, 0.25) is 0 Å². The molecule has 1 fully saturated rings. The molecule has 9 heteroatoms. The second-order valence-electron chi connectivity index (χ2n) is 10.8. The predicted octanol–water partition coefficient (Wildman–Crippen LogP) is 7.63. The first-order valence-corrected chi connectivity index (χ1v) is 14.3. The van der Waals surface area contributed by atoms with Gasteiger partial charge in [-0.1, -0.05) is 19.1 Å². The Labute approximate surface area is 245 Å². The van der Waals surface area contributed by atoms with Gasteiger partial charge in [0.15, 0.2) is 23.1 Å². The third-order valence-electron chi connectivity index (χ3n) is 7.43. The number of piperidine rings is 1. The molecule has 0 bridgehead atoms. The Balaban J connectivity index is 1.23. The van der Waals surface area contributed by atoms with E-state index in [2.05, 4.69) is 27.4 Å². The van der Waals surface area contributed by atoms with Crippen molar-refractivity contribution in [1.82, 2.24) is 9.88 Å². The van der Waals surface area contributed by atoms with Crippen molar-refractivity contribution in [3.8, 4) is 23.0 Å². The van der Waals surface area contributed by atoms with Gasteiger partial charge in [0.05, 0.1) is 19.2 Å². The number of nitrogens with one attached hydrogen (secondary N) is 2. The number of aryl methyl sites for hydroxylation is 1. The number of carbonyl (C=O) groups excluding carboxylic acids is 1. The molecule has 1 aliphatic heterocycles. The van der Waals surface area contributed by atoms with Crippen molar-refractivity contribution in [2.75, 3.05) is 44.0 Å². The van der Waals surface area contributed by atoms with E-state index in [-0.39, 0.29) is 5.75 Å². The van der Waals surface area contributed by atoms with Crippen LogP contribution in [0.3, 0.4) is 0 Å². The maximum Gasteiger partial charge on any atom is 0.323 e. The van der Waals surface area contributed by atoms with Crippen LogP contribution in [0.25, 0.3) is 10.9 Å². The minimum atomic E-state index is -0.622. The topological polar surface area (TPSA) is 85.0 Å². The molecule has 0 unspecified atom stereocenters. The number of aromatic nitrogens is 1. The first-order valence-electron chi connectivity index (χ1n) is 14.3. The Kier molecular flexibility index (Phi) is 9.38. The number of anilines is 2. The summed E-state index contributed by atoms with van der Waals surface area (Å²) in [5.74, 6) is 1.78. The molecule has 4 aromatic rings. The zero-order valence-corrected chi connectivity index (χ0v) is 24.3. The molecule has 0 aliphatic carbocycles.